The van der Waals surface area contributed by atoms with E-state index < -0.39 is 5.97 Å². The monoisotopic (exact) mass is 218 g/mol. The predicted molar refractivity (Wildman–Crippen MR) is 63.6 cm³/mol. The van der Waals surface area contributed by atoms with Crippen molar-refractivity contribution in [3.05, 3.63) is 34.9 Å². The molecule has 0 radical (unpaired) electrons. The molecule has 86 valence electrons. The number of aryl methyl sites for hydroxylation is 1. The lowest BCUT2D eigenvalue weighted by molar-refractivity contribution is -0.141. The molecule has 2 rings (SSSR count). The molecular weight excluding hydrogens is 200 g/mol. The predicted octanol–water partition coefficient (Wildman–Crippen LogP) is 2.83. The van der Waals surface area contributed by atoms with E-state index in [4.69, 9.17) is 5.11 Å². The van der Waals surface area contributed by atoms with E-state index in [-0.39, 0.29) is 5.92 Å². The second kappa shape index (κ2) is 4.69. The Kier molecular flexibility index (Phi) is 3.28. The number of fused-ring (bicyclic) bond motifs is 1. The van der Waals surface area contributed by atoms with Gasteiger partial charge in [0.25, 0.3) is 0 Å². The lowest BCUT2D eigenvalue weighted by Gasteiger charge is -2.20. The van der Waals surface area contributed by atoms with Gasteiger partial charge in [0.15, 0.2) is 0 Å². The molecule has 2 nitrogen and oxygen atoms in total. The van der Waals surface area contributed by atoms with Crippen molar-refractivity contribution in [2.75, 3.05) is 0 Å². The number of carboxylic acids is 1. The summed E-state index contributed by atoms with van der Waals surface area (Å²) in [5, 5.41) is 8.95. The van der Waals surface area contributed by atoms with Gasteiger partial charge in [0, 0.05) is 0 Å². The molecule has 16 heavy (non-hydrogen) atoms. The molecule has 1 aromatic rings. The third-order valence-electron chi connectivity index (χ3n) is 3.44. The van der Waals surface area contributed by atoms with Gasteiger partial charge in [0.05, 0.1) is 5.92 Å². The number of carboxylic acid groups (broad SMARTS) is 1. The molecule has 2 heteroatoms. The smallest absolute Gasteiger partial charge is 0.306 e. The highest BCUT2D eigenvalue weighted by Crippen LogP contribution is 2.26. The SMILES string of the molecule is CC(Cc1cccc2c1CCCC2)C(=O)O. The van der Waals surface area contributed by atoms with Crippen LogP contribution in [0.1, 0.15) is 36.5 Å². The van der Waals surface area contributed by atoms with Crippen LogP contribution in [0.15, 0.2) is 18.2 Å². The van der Waals surface area contributed by atoms with Crippen LogP contribution in [0.5, 0.6) is 0 Å². The van der Waals surface area contributed by atoms with Crippen molar-refractivity contribution in [3.8, 4) is 0 Å². The largest absolute Gasteiger partial charge is 0.481 e. The fourth-order valence-electron chi connectivity index (χ4n) is 2.47. The molecule has 1 unspecified atom stereocenters. The molecule has 0 aromatic heterocycles. The van der Waals surface area contributed by atoms with Crippen LogP contribution in [0, 0.1) is 5.92 Å². The molecule has 0 aliphatic heterocycles. The quantitative estimate of drug-likeness (QED) is 0.847. The maximum absolute atomic E-state index is 10.9. The number of hydrogen-bond donors (Lipinski definition) is 1. The first-order chi connectivity index (χ1) is 7.68. The third kappa shape index (κ3) is 2.26. The molecule has 0 amide bonds. The third-order valence-corrected chi connectivity index (χ3v) is 3.44. The second-order valence-electron chi connectivity index (χ2n) is 4.71. The van der Waals surface area contributed by atoms with Gasteiger partial charge in [-0.15, -0.1) is 0 Å². The number of carbonyl (C=O) groups is 1. The average molecular weight is 218 g/mol. The molecule has 0 saturated heterocycles. The van der Waals surface area contributed by atoms with E-state index in [9.17, 15) is 4.79 Å². The van der Waals surface area contributed by atoms with Gasteiger partial charge >= 0.3 is 5.97 Å². The van der Waals surface area contributed by atoms with Crippen LogP contribution in [0.25, 0.3) is 0 Å². The summed E-state index contributed by atoms with van der Waals surface area (Å²) >= 11 is 0. The minimum atomic E-state index is -0.701. The van der Waals surface area contributed by atoms with Gasteiger partial charge in [-0.3, -0.25) is 4.79 Å². The molecule has 1 atom stereocenters. The summed E-state index contributed by atoms with van der Waals surface area (Å²) in [4.78, 5) is 10.9. The van der Waals surface area contributed by atoms with E-state index in [0.717, 1.165) is 12.8 Å². The normalized spacial score (nSPS) is 16.6. The standard InChI is InChI=1S/C14H18O2/c1-10(14(15)16)9-12-7-4-6-11-5-2-3-8-13(11)12/h4,6-7,10H,2-3,5,8-9H2,1H3,(H,15,16). The Morgan fingerprint density at radius 2 is 2.12 bits per heavy atom. The summed E-state index contributed by atoms with van der Waals surface area (Å²) in [5.74, 6) is -0.984. The Morgan fingerprint density at radius 1 is 1.38 bits per heavy atom. The Morgan fingerprint density at radius 3 is 2.88 bits per heavy atom. The summed E-state index contributed by atoms with van der Waals surface area (Å²) < 4.78 is 0. The Hall–Kier alpha value is -1.31. The minimum Gasteiger partial charge on any atom is -0.481 e. The molecule has 0 spiro atoms. The summed E-state index contributed by atoms with van der Waals surface area (Å²) in [6.45, 7) is 1.78. The number of benzene rings is 1. The molecule has 1 aliphatic carbocycles. The Balaban J connectivity index is 2.24. The highest BCUT2D eigenvalue weighted by atomic mass is 16.4. The van der Waals surface area contributed by atoms with E-state index in [1.54, 1.807) is 6.92 Å². The van der Waals surface area contributed by atoms with Gasteiger partial charge < -0.3 is 5.11 Å². The van der Waals surface area contributed by atoms with Crippen molar-refractivity contribution in [2.45, 2.75) is 39.0 Å². The van der Waals surface area contributed by atoms with Crippen molar-refractivity contribution in [1.82, 2.24) is 0 Å². The molecule has 1 N–H and O–H groups in total. The van der Waals surface area contributed by atoms with Crippen molar-refractivity contribution in [3.63, 3.8) is 0 Å². The summed E-state index contributed by atoms with van der Waals surface area (Å²) in [7, 11) is 0. The Bertz CT molecular complexity index is 396. The van der Waals surface area contributed by atoms with Gasteiger partial charge in [-0.1, -0.05) is 25.1 Å². The molecule has 1 aliphatic rings. The van der Waals surface area contributed by atoms with Gasteiger partial charge in [-0.25, -0.2) is 0 Å². The lowest BCUT2D eigenvalue weighted by Crippen LogP contribution is -2.15. The van der Waals surface area contributed by atoms with Crippen LogP contribution in [-0.2, 0) is 24.1 Å². The fourth-order valence-corrected chi connectivity index (χ4v) is 2.47. The number of rotatable bonds is 3. The first-order valence-electron chi connectivity index (χ1n) is 6.01. The zero-order chi connectivity index (χ0) is 11.5. The topological polar surface area (TPSA) is 37.3 Å². The Labute approximate surface area is 96.3 Å². The molecule has 1 aromatic carbocycles. The van der Waals surface area contributed by atoms with Gasteiger partial charge in [-0.2, -0.15) is 0 Å². The van der Waals surface area contributed by atoms with Crippen molar-refractivity contribution in [1.29, 1.82) is 0 Å². The van der Waals surface area contributed by atoms with Gasteiger partial charge in [-0.05, 0) is 48.8 Å². The van der Waals surface area contributed by atoms with E-state index in [1.165, 1.54) is 29.5 Å². The van der Waals surface area contributed by atoms with Gasteiger partial charge in [0.2, 0.25) is 0 Å². The zero-order valence-electron chi connectivity index (χ0n) is 9.70. The molecule has 0 heterocycles. The molecule has 0 fully saturated rings. The summed E-state index contributed by atoms with van der Waals surface area (Å²) in [6, 6.07) is 6.33. The van der Waals surface area contributed by atoms with Crippen LogP contribution in [0.2, 0.25) is 0 Å². The van der Waals surface area contributed by atoms with Crippen LogP contribution < -0.4 is 0 Å². The minimum absolute atomic E-state index is 0.284. The number of hydrogen-bond acceptors (Lipinski definition) is 1. The van der Waals surface area contributed by atoms with Crippen molar-refractivity contribution >= 4 is 5.97 Å². The van der Waals surface area contributed by atoms with Crippen LogP contribution in [0.4, 0.5) is 0 Å². The molecule has 0 bridgehead atoms. The van der Waals surface area contributed by atoms with E-state index in [1.807, 2.05) is 0 Å². The maximum Gasteiger partial charge on any atom is 0.306 e. The summed E-state index contributed by atoms with van der Waals surface area (Å²) in [6.07, 6.45) is 5.46. The highest BCUT2D eigenvalue weighted by Gasteiger charge is 2.17. The van der Waals surface area contributed by atoms with Crippen LogP contribution in [0.3, 0.4) is 0 Å². The van der Waals surface area contributed by atoms with Crippen LogP contribution >= 0.6 is 0 Å². The molecular formula is C14H18O2. The first kappa shape index (κ1) is 11.2. The van der Waals surface area contributed by atoms with Crippen molar-refractivity contribution < 1.29 is 9.90 Å². The fraction of sp³-hybridized carbons (Fsp3) is 0.500. The lowest BCUT2D eigenvalue weighted by atomic mass is 9.85. The second-order valence-corrected chi connectivity index (χ2v) is 4.71. The van der Waals surface area contributed by atoms with E-state index in [2.05, 4.69) is 18.2 Å². The zero-order valence-corrected chi connectivity index (χ0v) is 9.70. The van der Waals surface area contributed by atoms with Crippen molar-refractivity contribution in [2.24, 2.45) is 5.92 Å². The van der Waals surface area contributed by atoms with E-state index >= 15 is 0 Å². The summed E-state index contributed by atoms with van der Waals surface area (Å²) in [5.41, 5.74) is 4.09. The average Bonchev–Trinajstić information content (AvgIpc) is 2.29. The highest BCUT2D eigenvalue weighted by molar-refractivity contribution is 5.70. The number of aliphatic carboxylic acids is 1. The molecule has 0 saturated carbocycles. The van der Waals surface area contributed by atoms with Gasteiger partial charge in [0.1, 0.15) is 0 Å². The first-order valence-corrected chi connectivity index (χ1v) is 6.01. The van der Waals surface area contributed by atoms with E-state index in [0.29, 0.717) is 6.42 Å². The maximum atomic E-state index is 10.9. The van der Waals surface area contributed by atoms with Crippen LogP contribution in [-0.4, -0.2) is 11.1 Å².